The van der Waals surface area contributed by atoms with Gasteiger partial charge in [0.1, 0.15) is 0 Å². The van der Waals surface area contributed by atoms with Crippen LogP contribution in [0, 0.1) is 20.2 Å². The lowest BCUT2D eigenvalue weighted by atomic mass is 10.2. The molecule has 0 unspecified atom stereocenters. The third-order valence-electron chi connectivity index (χ3n) is 2.01. The Kier molecular flexibility index (Phi) is 2.27. The van der Waals surface area contributed by atoms with Crippen LogP contribution in [0.1, 0.15) is 11.7 Å². The van der Waals surface area contributed by atoms with Crippen LogP contribution >= 0.6 is 0 Å². The summed E-state index contributed by atoms with van der Waals surface area (Å²) in [4.78, 5) is 28.0. The van der Waals surface area contributed by atoms with Crippen LogP contribution < -0.4 is 4.74 Å². The van der Waals surface area contributed by atoms with Gasteiger partial charge in [0.05, 0.1) is 10.5 Å². The van der Waals surface area contributed by atoms with Crippen LogP contribution in [0.15, 0.2) is 18.3 Å². The number of hydrogen-bond acceptors (Lipinski definition) is 7. The van der Waals surface area contributed by atoms with Crippen molar-refractivity contribution in [1.29, 1.82) is 0 Å². The molecule has 9 nitrogen and oxygen atoms in total. The molecule has 1 aromatic rings. The van der Waals surface area contributed by atoms with Crippen molar-refractivity contribution in [3.05, 3.63) is 44.1 Å². The summed E-state index contributed by atoms with van der Waals surface area (Å²) < 4.78 is 4.84. The molecule has 2 rings (SSSR count). The first-order valence-electron chi connectivity index (χ1n) is 4.16. The Morgan fingerprint density at radius 3 is 2.81 bits per heavy atom. The minimum Gasteiger partial charge on any atom is -0.410 e. The highest BCUT2D eigenvalue weighted by Gasteiger charge is 2.46. The van der Waals surface area contributed by atoms with Crippen LogP contribution in [-0.2, 0) is 4.84 Å². The molecular formula is C7H5N3O6. The average Bonchev–Trinajstić information content (AvgIpc) is 2.57. The third kappa shape index (κ3) is 1.58. The van der Waals surface area contributed by atoms with Crippen molar-refractivity contribution < 1.29 is 19.6 Å². The van der Waals surface area contributed by atoms with Crippen LogP contribution in [0.3, 0.4) is 0 Å². The van der Waals surface area contributed by atoms with E-state index in [1.54, 1.807) is 0 Å². The zero-order valence-corrected chi connectivity index (χ0v) is 7.68. The molecule has 0 aromatic carbocycles. The van der Waals surface area contributed by atoms with Crippen molar-refractivity contribution >= 4 is 0 Å². The molecular weight excluding hydrogens is 222 g/mol. The van der Waals surface area contributed by atoms with Gasteiger partial charge in [-0.15, -0.1) is 10.1 Å². The second-order valence-corrected chi connectivity index (χ2v) is 2.94. The molecule has 16 heavy (non-hydrogen) atoms. The van der Waals surface area contributed by atoms with Crippen LogP contribution in [-0.4, -0.2) is 21.2 Å². The lowest BCUT2D eigenvalue weighted by Gasteiger charge is -2.08. The van der Waals surface area contributed by atoms with Gasteiger partial charge in [-0.05, 0) is 12.1 Å². The van der Waals surface area contributed by atoms with Crippen molar-refractivity contribution in [1.82, 2.24) is 4.98 Å². The Morgan fingerprint density at radius 1 is 1.44 bits per heavy atom. The molecule has 2 heterocycles. The SMILES string of the molecule is O=[N+]([O-])O[C@@H]1c2cccnc2O[C@H]1[N+](=O)[O-]. The molecule has 0 bridgehead atoms. The Hall–Kier alpha value is -2.45. The molecule has 0 saturated carbocycles. The van der Waals surface area contributed by atoms with Gasteiger partial charge >= 0.3 is 6.23 Å². The molecule has 1 aliphatic heterocycles. The van der Waals surface area contributed by atoms with Crippen molar-refractivity contribution in [3.8, 4) is 5.88 Å². The molecule has 0 saturated heterocycles. The average molecular weight is 227 g/mol. The predicted octanol–water partition coefficient (Wildman–Crippen LogP) is 0.326. The lowest BCUT2D eigenvalue weighted by Crippen LogP contribution is -2.30. The summed E-state index contributed by atoms with van der Waals surface area (Å²) in [6, 6.07) is 2.92. The van der Waals surface area contributed by atoms with E-state index in [0.29, 0.717) is 0 Å². The molecule has 1 aliphatic rings. The molecule has 0 amide bonds. The maximum Gasteiger partial charge on any atom is 0.386 e. The summed E-state index contributed by atoms with van der Waals surface area (Å²) in [6.45, 7) is 0. The molecule has 0 spiro atoms. The van der Waals surface area contributed by atoms with E-state index >= 15 is 0 Å². The number of aromatic nitrogens is 1. The molecule has 0 fully saturated rings. The number of nitrogens with zero attached hydrogens (tertiary/aromatic N) is 3. The molecule has 0 radical (unpaired) electrons. The largest absolute Gasteiger partial charge is 0.410 e. The van der Waals surface area contributed by atoms with Crippen LogP contribution in [0.5, 0.6) is 5.88 Å². The summed E-state index contributed by atoms with van der Waals surface area (Å²) in [5.41, 5.74) is 0.195. The first-order valence-corrected chi connectivity index (χ1v) is 4.16. The van der Waals surface area contributed by atoms with Crippen LogP contribution in [0.25, 0.3) is 0 Å². The maximum absolute atomic E-state index is 10.6. The van der Waals surface area contributed by atoms with E-state index in [-0.39, 0.29) is 11.4 Å². The van der Waals surface area contributed by atoms with Gasteiger partial charge in [0.15, 0.2) is 0 Å². The van der Waals surface area contributed by atoms with Crippen molar-refractivity contribution in [2.45, 2.75) is 12.3 Å². The maximum atomic E-state index is 10.6. The standard InChI is InChI=1S/C7H5N3O6/c11-9(12)7-5(16-10(13)14)4-2-1-3-8-6(4)15-7/h1-3,5,7H/t5-,7-/m1/s1. The first kappa shape index (κ1) is 10.1. The van der Waals surface area contributed by atoms with Crippen LogP contribution in [0.2, 0.25) is 0 Å². The molecule has 0 N–H and O–H groups in total. The molecule has 0 aliphatic carbocycles. The van der Waals surface area contributed by atoms with Crippen molar-refractivity contribution in [3.63, 3.8) is 0 Å². The molecule has 2 atom stereocenters. The third-order valence-corrected chi connectivity index (χ3v) is 2.01. The predicted molar refractivity (Wildman–Crippen MR) is 46.5 cm³/mol. The van der Waals surface area contributed by atoms with E-state index in [4.69, 9.17) is 4.74 Å². The normalized spacial score (nSPS) is 22.0. The fraction of sp³-hybridized carbons (Fsp3) is 0.286. The quantitative estimate of drug-likeness (QED) is 0.539. The highest BCUT2D eigenvalue weighted by Crippen LogP contribution is 2.37. The Labute approximate surface area is 87.9 Å². The number of hydrogen-bond donors (Lipinski definition) is 0. The Bertz CT molecular complexity index is 450. The number of ether oxygens (including phenoxy) is 1. The summed E-state index contributed by atoms with van der Waals surface area (Å²) in [5.74, 6) is -0.0175. The second-order valence-electron chi connectivity index (χ2n) is 2.94. The highest BCUT2D eigenvalue weighted by molar-refractivity contribution is 5.32. The van der Waals surface area contributed by atoms with E-state index in [1.807, 2.05) is 0 Å². The van der Waals surface area contributed by atoms with E-state index in [0.717, 1.165) is 0 Å². The molecule has 1 aromatic heterocycles. The van der Waals surface area contributed by atoms with Gasteiger partial charge in [0, 0.05) is 6.20 Å². The summed E-state index contributed by atoms with van der Waals surface area (Å²) in [5, 5.41) is 19.7. The monoisotopic (exact) mass is 227 g/mol. The number of nitro groups is 1. The van der Waals surface area contributed by atoms with Crippen LogP contribution in [0.4, 0.5) is 0 Å². The van der Waals surface area contributed by atoms with Gasteiger partial charge in [-0.25, -0.2) is 4.98 Å². The number of fused-ring (bicyclic) bond motifs is 1. The van der Waals surface area contributed by atoms with Crippen molar-refractivity contribution in [2.75, 3.05) is 0 Å². The van der Waals surface area contributed by atoms with Gasteiger partial charge in [0.25, 0.3) is 5.09 Å². The van der Waals surface area contributed by atoms with Gasteiger partial charge < -0.3 is 4.74 Å². The van der Waals surface area contributed by atoms with E-state index in [2.05, 4.69) is 9.82 Å². The van der Waals surface area contributed by atoms with E-state index in [9.17, 15) is 20.2 Å². The summed E-state index contributed by atoms with van der Waals surface area (Å²) in [7, 11) is 0. The summed E-state index contributed by atoms with van der Waals surface area (Å²) in [6.07, 6.45) is -1.66. The molecule has 84 valence electrons. The van der Waals surface area contributed by atoms with E-state index in [1.165, 1.54) is 18.3 Å². The molecule has 9 heteroatoms. The van der Waals surface area contributed by atoms with Crippen molar-refractivity contribution in [2.24, 2.45) is 0 Å². The van der Waals surface area contributed by atoms with Gasteiger partial charge in [-0.2, -0.15) is 0 Å². The zero-order valence-electron chi connectivity index (χ0n) is 7.68. The smallest absolute Gasteiger partial charge is 0.386 e. The fourth-order valence-corrected chi connectivity index (χ4v) is 1.40. The zero-order chi connectivity index (χ0) is 11.7. The summed E-state index contributed by atoms with van der Waals surface area (Å²) >= 11 is 0. The Morgan fingerprint density at radius 2 is 2.19 bits per heavy atom. The topological polar surface area (TPSA) is 118 Å². The fourth-order valence-electron chi connectivity index (χ4n) is 1.40. The second kappa shape index (κ2) is 3.61. The Balaban J connectivity index is 2.35. The first-order chi connectivity index (χ1) is 7.59. The minimum atomic E-state index is -1.64. The van der Waals surface area contributed by atoms with E-state index < -0.39 is 22.3 Å². The van der Waals surface area contributed by atoms with Gasteiger partial charge in [0.2, 0.25) is 12.0 Å². The van der Waals surface area contributed by atoms with Gasteiger partial charge in [-0.1, -0.05) is 0 Å². The number of pyridine rings is 1. The lowest BCUT2D eigenvalue weighted by molar-refractivity contribution is -0.783. The highest BCUT2D eigenvalue weighted by atomic mass is 17.0. The minimum absolute atomic E-state index is 0.0175. The number of rotatable bonds is 3. The van der Waals surface area contributed by atoms with Gasteiger partial charge in [-0.3, -0.25) is 15.0 Å².